The maximum atomic E-state index is 13.1. The van der Waals surface area contributed by atoms with Crippen molar-refractivity contribution in [3.8, 4) is 0 Å². The molecule has 3 aromatic rings. The lowest BCUT2D eigenvalue weighted by Gasteiger charge is -2.03. The van der Waals surface area contributed by atoms with Gasteiger partial charge >= 0.3 is 0 Å². The van der Waals surface area contributed by atoms with Crippen LogP contribution in [0.5, 0.6) is 0 Å². The first-order valence-electron chi connectivity index (χ1n) is 6.62. The van der Waals surface area contributed by atoms with Gasteiger partial charge in [-0.05, 0) is 29.8 Å². The predicted octanol–water partition coefficient (Wildman–Crippen LogP) is 2.97. The molecule has 2 N–H and O–H groups in total. The highest BCUT2D eigenvalue weighted by atomic mass is 32.2. The Bertz CT molecular complexity index is 791. The summed E-state index contributed by atoms with van der Waals surface area (Å²) in [6, 6.07) is 8.10. The smallest absolute Gasteiger partial charge is 0.235 e. The first kappa shape index (κ1) is 14.5. The number of aromatic amines is 1. The van der Waals surface area contributed by atoms with Gasteiger partial charge in [0.1, 0.15) is 5.82 Å². The van der Waals surface area contributed by atoms with E-state index in [2.05, 4.69) is 20.5 Å². The van der Waals surface area contributed by atoms with Crippen LogP contribution in [0.3, 0.4) is 0 Å². The minimum atomic E-state index is -0.346. The van der Waals surface area contributed by atoms with Crippen molar-refractivity contribution >= 4 is 34.4 Å². The minimum absolute atomic E-state index is 0.147. The largest absolute Gasteiger partial charge is 0.308 e. The van der Waals surface area contributed by atoms with Crippen LogP contribution in [-0.2, 0) is 10.5 Å². The quantitative estimate of drug-likeness (QED) is 0.759. The number of carbonyl (C=O) groups excluding carboxylic acids is 1. The lowest BCUT2D eigenvalue weighted by molar-refractivity contribution is -0.113. The van der Waals surface area contributed by atoms with Crippen molar-refractivity contribution < 1.29 is 9.18 Å². The highest BCUT2D eigenvalue weighted by Crippen LogP contribution is 2.21. The fraction of sp³-hybridized carbons (Fsp3) is 0.133. The molecule has 112 valence electrons. The number of fused-ring (bicyclic) bond motifs is 1. The van der Waals surface area contributed by atoms with Crippen molar-refractivity contribution in [3.63, 3.8) is 0 Å². The van der Waals surface area contributed by atoms with E-state index in [0.717, 1.165) is 5.56 Å². The summed E-state index contributed by atoms with van der Waals surface area (Å²) in [6.07, 6.45) is 3.49. The number of aromatic nitrogens is 3. The number of thioether (sulfide) groups is 1. The number of benzene rings is 1. The van der Waals surface area contributed by atoms with Crippen molar-refractivity contribution in [2.45, 2.75) is 5.75 Å². The second kappa shape index (κ2) is 6.57. The molecule has 0 aliphatic rings. The third-order valence-corrected chi connectivity index (χ3v) is 4.01. The molecule has 0 saturated heterocycles. The van der Waals surface area contributed by atoms with Gasteiger partial charge in [-0.25, -0.2) is 4.39 Å². The van der Waals surface area contributed by atoms with Crippen molar-refractivity contribution in [1.29, 1.82) is 0 Å². The second-order valence-electron chi connectivity index (χ2n) is 4.66. The number of H-pyrrole nitrogens is 1. The van der Waals surface area contributed by atoms with Gasteiger partial charge in [0.15, 0.2) is 5.82 Å². The number of nitrogens with zero attached hydrogens (tertiary/aromatic N) is 2. The Hall–Kier alpha value is -2.41. The molecule has 0 unspecified atom stereocenters. The van der Waals surface area contributed by atoms with E-state index in [0.29, 0.717) is 28.2 Å². The van der Waals surface area contributed by atoms with Gasteiger partial charge in [-0.3, -0.25) is 14.9 Å². The zero-order valence-electron chi connectivity index (χ0n) is 11.5. The average molecular weight is 316 g/mol. The van der Waals surface area contributed by atoms with Crippen molar-refractivity contribution in [3.05, 3.63) is 54.1 Å². The van der Waals surface area contributed by atoms with Gasteiger partial charge in [-0.2, -0.15) is 5.10 Å². The van der Waals surface area contributed by atoms with Crippen molar-refractivity contribution in [2.24, 2.45) is 0 Å². The minimum Gasteiger partial charge on any atom is -0.308 e. The fourth-order valence-electron chi connectivity index (χ4n) is 2.00. The topological polar surface area (TPSA) is 70.7 Å². The molecular weight excluding hydrogens is 303 g/mol. The van der Waals surface area contributed by atoms with E-state index in [1.165, 1.54) is 23.9 Å². The molecule has 0 aliphatic carbocycles. The molecule has 0 fully saturated rings. The van der Waals surface area contributed by atoms with E-state index >= 15 is 0 Å². The maximum absolute atomic E-state index is 13.1. The molecule has 0 aliphatic heterocycles. The number of halogens is 1. The SMILES string of the molecule is O=C(CSCc1cccnc1)Nc1n[nH]c2cc(F)ccc12. The number of nitrogens with one attached hydrogen (secondary N) is 2. The molecule has 2 heterocycles. The van der Waals surface area contributed by atoms with E-state index in [1.54, 1.807) is 18.5 Å². The molecular formula is C15H13FN4OS. The van der Waals surface area contributed by atoms with Crippen LogP contribution in [-0.4, -0.2) is 26.8 Å². The fourth-order valence-corrected chi connectivity index (χ4v) is 2.77. The normalized spacial score (nSPS) is 10.8. The van der Waals surface area contributed by atoms with Crippen LogP contribution in [0, 0.1) is 5.82 Å². The van der Waals surface area contributed by atoms with Gasteiger partial charge in [0, 0.05) is 23.5 Å². The van der Waals surface area contributed by atoms with Crippen molar-refractivity contribution in [1.82, 2.24) is 15.2 Å². The Labute approximate surface area is 130 Å². The Morgan fingerprint density at radius 3 is 3.09 bits per heavy atom. The van der Waals surface area contributed by atoms with Gasteiger partial charge in [0.05, 0.1) is 11.3 Å². The third kappa shape index (κ3) is 3.43. The lowest BCUT2D eigenvalue weighted by Crippen LogP contribution is -2.14. The first-order valence-corrected chi connectivity index (χ1v) is 7.78. The number of rotatable bonds is 5. The Kier molecular flexibility index (Phi) is 4.34. The molecule has 0 bridgehead atoms. The average Bonchev–Trinajstić information content (AvgIpc) is 2.90. The predicted molar refractivity (Wildman–Crippen MR) is 85.1 cm³/mol. The number of amides is 1. The van der Waals surface area contributed by atoms with Crippen LogP contribution in [0.1, 0.15) is 5.56 Å². The Morgan fingerprint density at radius 2 is 2.27 bits per heavy atom. The van der Waals surface area contributed by atoms with Gasteiger partial charge in [0.25, 0.3) is 0 Å². The second-order valence-corrected chi connectivity index (χ2v) is 5.65. The third-order valence-electron chi connectivity index (χ3n) is 3.01. The number of carbonyl (C=O) groups is 1. The van der Waals surface area contributed by atoms with E-state index in [1.807, 2.05) is 12.1 Å². The Morgan fingerprint density at radius 1 is 1.36 bits per heavy atom. The number of pyridine rings is 1. The number of hydrogen-bond acceptors (Lipinski definition) is 4. The standard InChI is InChI=1S/C15H13FN4OS/c16-11-3-4-12-13(6-11)19-20-15(12)18-14(21)9-22-8-10-2-1-5-17-7-10/h1-7H,8-9H2,(H2,18,19,20,21). The summed E-state index contributed by atoms with van der Waals surface area (Å²) in [5, 5.41) is 10.1. The molecule has 22 heavy (non-hydrogen) atoms. The molecule has 0 radical (unpaired) electrons. The van der Waals surface area contributed by atoms with Crippen LogP contribution in [0.25, 0.3) is 10.9 Å². The van der Waals surface area contributed by atoms with Crippen molar-refractivity contribution in [2.75, 3.05) is 11.1 Å². The van der Waals surface area contributed by atoms with Crippen LogP contribution < -0.4 is 5.32 Å². The highest BCUT2D eigenvalue weighted by molar-refractivity contribution is 7.99. The monoisotopic (exact) mass is 316 g/mol. The zero-order valence-corrected chi connectivity index (χ0v) is 12.4. The summed E-state index contributed by atoms with van der Waals surface area (Å²) in [4.78, 5) is 16.0. The van der Waals surface area contributed by atoms with Gasteiger partial charge in [-0.15, -0.1) is 11.8 Å². The molecule has 2 aromatic heterocycles. The maximum Gasteiger partial charge on any atom is 0.235 e. The van der Waals surface area contributed by atoms with Gasteiger partial charge in [-0.1, -0.05) is 6.07 Å². The number of hydrogen-bond donors (Lipinski definition) is 2. The zero-order chi connectivity index (χ0) is 15.4. The summed E-state index contributed by atoms with van der Waals surface area (Å²) in [6.45, 7) is 0. The molecule has 0 atom stereocenters. The summed E-state index contributed by atoms with van der Waals surface area (Å²) in [7, 11) is 0. The molecule has 3 rings (SSSR count). The molecule has 0 saturated carbocycles. The van der Waals surface area contributed by atoms with E-state index in [-0.39, 0.29) is 11.7 Å². The highest BCUT2D eigenvalue weighted by Gasteiger charge is 2.10. The number of anilines is 1. The van der Waals surface area contributed by atoms with E-state index < -0.39 is 0 Å². The van der Waals surface area contributed by atoms with E-state index in [9.17, 15) is 9.18 Å². The molecule has 1 amide bonds. The summed E-state index contributed by atoms with van der Waals surface area (Å²) in [5.74, 6) is 0.952. The van der Waals surface area contributed by atoms with Crippen LogP contribution in [0.2, 0.25) is 0 Å². The summed E-state index contributed by atoms with van der Waals surface area (Å²) < 4.78 is 13.1. The molecule has 5 nitrogen and oxygen atoms in total. The molecule has 0 spiro atoms. The van der Waals surface area contributed by atoms with Crippen LogP contribution in [0.15, 0.2) is 42.7 Å². The van der Waals surface area contributed by atoms with Crippen LogP contribution >= 0.6 is 11.8 Å². The summed E-state index contributed by atoms with van der Waals surface area (Å²) in [5.41, 5.74) is 1.62. The summed E-state index contributed by atoms with van der Waals surface area (Å²) >= 11 is 1.49. The Balaban J connectivity index is 1.57. The molecule has 7 heteroatoms. The first-order chi connectivity index (χ1) is 10.7. The van der Waals surface area contributed by atoms with Crippen LogP contribution in [0.4, 0.5) is 10.2 Å². The van der Waals surface area contributed by atoms with Gasteiger partial charge in [0.2, 0.25) is 5.91 Å². The van der Waals surface area contributed by atoms with E-state index in [4.69, 9.17) is 0 Å². The lowest BCUT2D eigenvalue weighted by atomic mass is 10.2. The van der Waals surface area contributed by atoms with Gasteiger partial charge < -0.3 is 5.32 Å². The molecule has 1 aromatic carbocycles.